The van der Waals surface area contributed by atoms with Crippen LogP contribution < -0.4 is 17.0 Å². The van der Waals surface area contributed by atoms with E-state index in [-0.39, 0.29) is 11.6 Å². The highest BCUT2D eigenvalue weighted by molar-refractivity contribution is 5.92. The Labute approximate surface area is 144 Å². The van der Waals surface area contributed by atoms with E-state index in [9.17, 15) is 14.4 Å². The number of aromatic nitrogens is 3. The topological polar surface area (TPSA) is 103 Å². The molecular formula is C17H21N5O3. The number of carbonyl (C=O) groups is 1. The predicted octanol–water partition coefficient (Wildman–Crippen LogP) is -0.234. The number of rotatable bonds is 3. The van der Waals surface area contributed by atoms with Gasteiger partial charge in [0.1, 0.15) is 11.5 Å². The highest BCUT2D eigenvalue weighted by Gasteiger charge is 2.28. The minimum Gasteiger partial charge on any atom is -0.384 e. The maximum Gasteiger partial charge on any atom is 0.331 e. The molecule has 2 aromatic rings. The number of pyridine rings is 1. The summed E-state index contributed by atoms with van der Waals surface area (Å²) in [4.78, 5) is 42.3. The first-order chi connectivity index (χ1) is 11.9. The molecule has 0 aromatic carbocycles. The summed E-state index contributed by atoms with van der Waals surface area (Å²) in [5, 5.41) is 0. The van der Waals surface area contributed by atoms with Gasteiger partial charge in [-0.3, -0.25) is 18.7 Å². The second-order valence-corrected chi connectivity index (χ2v) is 6.47. The second kappa shape index (κ2) is 6.54. The van der Waals surface area contributed by atoms with Gasteiger partial charge in [0, 0.05) is 39.4 Å². The zero-order valence-corrected chi connectivity index (χ0v) is 14.3. The summed E-state index contributed by atoms with van der Waals surface area (Å²) in [6.45, 7) is 1.20. The number of amides is 1. The van der Waals surface area contributed by atoms with Gasteiger partial charge in [-0.2, -0.15) is 0 Å². The molecule has 132 valence electrons. The van der Waals surface area contributed by atoms with Crippen LogP contribution in [0.5, 0.6) is 0 Å². The second-order valence-electron chi connectivity index (χ2n) is 6.47. The normalized spacial score (nSPS) is 17.0. The van der Waals surface area contributed by atoms with Crippen molar-refractivity contribution < 1.29 is 4.79 Å². The molecule has 25 heavy (non-hydrogen) atoms. The van der Waals surface area contributed by atoms with Crippen LogP contribution >= 0.6 is 0 Å². The van der Waals surface area contributed by atoms with Crippen LogP contribution in [0.25, 0.3) is 0 Å². The highest BCUT2D eigenvalue weighted by atomic mass is 16.2. The van der Waals surface area contributed by atoms with Crippen LogP contribution in [-0.2, 0) is 20.5 Å². The van der Waals surface area contributed by atoms with Gasteiger partial charge in [0.2, 0.25) is 0 Å². The fourth-order valence-electron chi connectivity index (χ4n) is 3.17. The highest BCUT2D eigenvalue weighted by Crippen LogP contribution is 2.22. The minimum absolute atomic E-state index is 0.128. The van der Waals surface area contributed by atoms with Crippen LogP contribution in [0.4, 0.5) is 5.82 Å². The van der Waals surface area contributed by atoms with Gasteiger partial charge < -0.3 is 10.6 Å². The molecule has 1 saturated heterocycles. The van der Waals surface area contributed by atoms with Crippen LogP contribution in [0.1, 0.15) is 22.5 Å². The van der Waals surface area contributed by atoms with E-state index in [1.165, 1.54) is 24.7 Å². The summed E-state index contributed by atoms with van der Waals surface area (Å²) in [5.41, 5.74) is 5.82. The first-order valence-electron chi connectivity index (χ1n) is 8.13. The summed E-state index contributed by atoms with van der Waals surface area (Å²) >= 11 is 0. The number of nitrogen functional groups attached to an aromatic ring is 1. The Morgan fingerprint density at radius 2 is 2.04 bits per heavy atom. The Hall–Kier alpha value is -2.90. The molecule has 0 bridgehead atoms. The van der Waals surface area contributed by atoms with E-state index in [1.54, 1.807) is 17.2 Å². The van der Waals surface area contributed by atoms with Crippen molar-refractivity contribution in [2.24, 2.45) is 20.0 Å². The van der Waals surface area contributed by atoms with E-state index in [4.69, 9.17) is 5.73 Å². The number of likely N-dealkylation sites (tertiary alicyclic amines) is 1. The SMILES string of the molecule is Cn1c(C(=O)N2CCC(Cc3ccc(N)nc3)C2)cc(=O)n(C)c1=O. The van der Waals surface area contributed by atoms with Crippen molar-refractivity contribution in [3.8, 4) is 0 Å². The first kappa shape index (κ1) is 16.9. The van der Waals surface area contributed by atoms with Crippen molar-refractivity contribution >= 4 is 11.7 Å². The Balaban J connectivity index is 1.74. The van der Waals surface area contributed by atoms with E-state index in [0.29, 0.717) is 24.8 Å². The molecule has 0 aliphatic carbocycles. The molecule has 8 nitrogen and oxygen atoms in total. The zero-order chi connectivity index (χ0) is 18.1. The Bertz CT molecular complexity index is 913. The third kappa shape index (κ3) is 3.33. The molecule has 8 heteroatoms. The molecule has 1 atom stereocenters. The summed E-state index contributed by atoms with van der Waals surface area (Å²) in [5.74, 6) is 0.520. The number of nitrogens with two attached hydrogens (primary N) is 1. The standard InChI is InChI=1S/C17H21N5O3/c1-20-13(8-15(23)21(2)17(20)25)16(24)22-6-5-12(10-22)7-11-3-4-14(18)19-9-11/h3-4,8-9,12H,5-7,10H2,1-2H3,(H2,18,19). The summed E-state index contributed by atoms with van der Waals surface area (Å²) in [6.07, 6.45) is 3.44. The molecule has 1 unspecified atom stereocenters. The van der Waals surface area contributed by atoms with E-state index in [0.717, 1.165) is 23.0 Å². The van der Waals surface area contributed by atoms with E-state index in [1.807, 2.05) is 6.07 Å². The van der Waals surface area contributed by atoms with E-state index >= 15 is 0 Å². The van der Waals surface area contributed by atoms with Crippen molar-refractivity contribution in [1.29, 1.82) is 0 Å². The van der Waals surface area contributed by atoms with Gasteiger partial charge in [-0.25, -0.2) is 9.78 Å². The molecule has 1 amide bonds. The maximum atomic E-state index is 12.7. The predicted molar refractivity (Wildman–Crippen MR) is 93.3 cm³/mol. The molecule has 1 fully saturated rings. The lowest BCUT2D eigenvalue weighted by Gasteiger charge is -2.18. The fourth-order valence-corrected chi connectivity index (χ4v) is 3.17. The zero-order valence-electron chi connectivity index (χ0n) is 14.3. The average Bonchev–Trinajstić information content (AvgIpc) is 3.06. The summed E-state index contributed by atoms with van der Waals surface area (Å²) in [6, 6.07) is 4.93. The molecule has 0 saturated carbocycles. The van der Waals surface area contributed by atoms with Crippen LogP contribution in [0.2, 0.25) is 0 Å². The molecule has 3 rings (SSSR count). The monoisotopic (exact) mass is 343 g/mol. The van der Waals surface area contributed by atoms with E-state index < -0.39 is 11.2 Å². The molecule has 3 heterocycles. The summed E-state index contributed by atoms with van der Waals surface area (Å²) in [7, 11) is 2.90. The van der Waals surface area contributed by atoms with E-state index in [2.05, 4.69) is 4.98 Å². The number of hydrogen-bond acceptors (Lipinski definition) is 5. The van der Waals surface area contributed by atoms with Gasteiger partial charge in [0.05, 0.1) is 0 Å². The lowest BCUT2D eigenvalue weighted by Crippen LogP contribution is -2.42. The van der Waals surface area contributed by atoms with Crippen LogP contribution in [-0.4, -0.2) is 38.0 Å². The number of carbonyl (C=O) groups excluding carboxylic acids is 1. The van der Waals surface area contributed by atoms with Crippen molar-refractivity contribution in [1.82, 2.24) is 19.0 Å². The van der Waals surface area contributed by atoms with Crippen LogP contribution in [0.15, 0.2) is 34.0 Å². The van der Waals surface area contributed by atoms with Crippen molar-refractivity contribution in [2.75, 3.05) is 18.8 Å². The maximum absolute atomic E-state index is 12.7. The lowest BCUT2D eigenvalue weighted by molar-refractivity contribution is 0.0775. The smallest absolute Gasteiger partial charge is 0.331 e. The van der Waals surface area contributed by atoms with Crippen molar-refractivity contribution in [3.63, 3.8) is 0 Å². The average molecular weight is 343 g/mol. The molecule has 2 aromatic heterocycles. The molecule has 2 N–H and O–H groups in total. The fraction of sp³-hybridized carbons (Fsp3) is 0.412. The Morgan fingerprint density at radius 3 is 2.72 bits per heavy atom. The molecule has 0 spiro atoms. The van der Waals surface area contributed by atoms with Crippen LogP contribution in [0.3, 0.4) is 0 Å². The van der Waals surface area contributed by atoms with Gasteiger partial charge in [0.15, 0.2) is 0 Å². The Morgan fingerprint density at radius 1 is 1.28 bits per heavy atom. The summed E-state index contributed by atoms with van der Waals surface area (Å²) < 4.78 is 2.21. The van der Waals surface area contributed by atoms with Gasteiger partial charge >= 0.3 is 5.69 Å². The minimum atomic E-state index is -0.500. The first-order valence-corrected chi connectivity index (χ1v) is 8.13. The van der Waals surface area contributed by atoms with Crippen molar-refractivity contribution in [2.45, 2.75) is 12.8 Å². The third-order valence-electron chi connectivity index (χ3n) is 4.69. The molecule has 0 radical (unpaired) electrons. The third-order valence-corrected chi connectivity index (χ3v) is 4.69. The number of anilines is 1. The number of nitrogens with zero attached hydrogens (tertiary/aromatic N) is 4. The Kier molecular flexibility index (Phi) is 4.43. The van der Waals surface area contributed by atoms with Gasteiger partial charge in [-0.15, -0.1) is 0 Å². The molecular weight excluding hydrogens is 322 g/mol. The van der Waals surface area contributed by atoms with Gasteiger partial charge in [0.25, 0.3) is 11.5 Å². The van der Waals surface area contributed by atoms with Crippen LogP contribution in [0, 0.1) is 5.92 Å². The van der Waals surface area contributed by atoms with Crippen molar-refractivity contribution in [3.05, 3.63) is 56.5 Å². The van der Waals surface area contributed by atoms with Gasteiger partial charge in [-0.1, -0.05) is 6.07 Å². The molecule has 1 aliphatic rings. The van der Waals surface area contributed by atoms with Gasteiger partial charge in [-0.05, 0) is 30.4 Å². The molecule has 1 aliphatic heterocycles. The largest absolute Gasteiger partial charge is 0.384 e. The lowest BCUT2D eigenvalue weighted by atomic mass is 10.00. The quantitative estimate of drug-likeness (QED) is 0.829. The number of hydrogen-bond donors (Lipinski definition) is 1.